The number of aromatic nitrogens is 1. The highest BCUT2D eigenvalue weighted by atomic mass is 16.5. The molecule has 4 rings (SSSR count). The second-order valence-corrected chi connectivity index (χ2v) is 6.15. The van der Waals surface area contributed by atoms with E-state index in [-0.39, 0.29) is 5.43 Å². The van der Waals surface area contributed by atoms with Crippen molar-refractivity contribution in [3.8, 4) is 17.0 Å². The van der Waals surface area contributed by atoms with E-state index in [9.17, 15) is 4.79 Å². The quantitative estimate of drug-likeness (QED) is 0.775. The molecule has 0 fully saturated rings. The minimum atomic E-state index is 0.0362. The Morgan fingerprint density at radius 1 is 0.957 bits per heavy atom. The molecule has 2 aromatic carbocycles. The number of methoxy groups -OCH3 is 1. The van der Waals surface area contributed by atoms with Crippen LogP contribution in [0, 0.1) is 0 Å². The smallest absolute Gasteiger partial charge is 0.190 e. The summed E-state index contributed by atoms with van der Waals surface area (Å²) in [5, 5.41) is 0.688. The molecule has 0 saturated heterocycles. The predicted molar refractivity (Wildman–Crippen MR) is 93.2 cm³/mol. The maximum absolute atomic E-state index is 12.4. The maximum Gasteiger partial charge on any atom is 0.190 e. The first-order chi connectivity index (χ1) is 11.2. The molecule has 0 bridgehead atoms. The lowest BCUT2D eigenvalue weighted by molar-refractivity contribution is 0.415. The second kappa shape index (κ2) is 5.58. The van der Waals surface area contributed by atoms with Crippen molar-refractivity contribution < 1.29 is 4.74 Å². The monoisotopic (exact) mass is 305 g/mol. The highest BCUT2D eigenvalue weighted by Gasteiger charge is 2.11. The van der Waals surface area contributed by atoms with Gasteiger partial charge in [-0.2, -0.15) is 0 Å². The second-order valence-electron chi connectivity index (χ2n) is 6.15. The Balaban J connectivity index is 1.86. The Morgan fingerprint density at radius 2 is 1.78 bits per heavy atom. The van der Waals surface area contributed by atoms with Crippen LogP contribution in [0.25, 0.3) is 22.2 Å². The normalized spacial score (nSPS) is 13.8. The van der Waals surface area contributed by atoms with Gasteiger partial charge in [0.25, 0.3) is 0 Å². The molecule has 0 radical (unpaired) electrons. The van der Waals surface area contributed by atoms with Gasteiger partial charge >= 0.3 is 0 Å². The Morgan fingerprint density at radius 3 is 2.61 bits per heavy atom. The molecular formula is C20H19NO2. The number of fused-ring (bicyclic) bond motifs is 2. The summed E-state index contributed by atoms with van der Waals surface area (Å²) in [7, 11) is 1.63. The Bertz CT molecular complexity index is 940. The van der Waals surface area contributed by atoms with E-state index in [0.717, 1.165) is 28.9 Å². The van der Waals surface area contributed by atoms with E-state index < -0.39 is 0 Å². The Kier molecular flexibility index (Phi) is 3.41. The van der Waals surface area contributed by atoms with E-state index in [1.165, 1.54) is 30.4 Å². The van der Waals surface area contributed by atoms with Crippen molar-refractivity contribution in [3.05, 3.63) is 63.8 Å². The fourth-order valence-corrected chi connectivity index (χ4v) is 3.42. The summed E-state index contributed by atoms with van der Waals surface area (Å²) in [6.07, 6.45) is 4.83. The first kappa shape index (κ1) is 14.1. The number of ether oxygens (including phenoxy) is 1. The molecule has 1 aromatic heterocycles. The predicted octanol–water partition coefficient (Wildman–Crippen LogP) is 4.08. The van der Waals surface area contributed by atoms with Gasteiger partial charge in [-0.25, -0.2) is 0 Å². The van der Waals surface area contributed by atoms with Gasteiger partial charge in [0.05, 0.1) is 12.6 Å². The molecule has 1 N–H and O–H groups in total. The van der Waals surface area contributed by atoms with Crippen LogP contribution in [0.2, 0.25) is 0 Å². The van der Waals surface area contributed by atoms with E-state index in [2.05, 4.69) is 23.2 Å². The van der Waals surface area contributed by atoms with Gasteiger partial charge in [-0.3, -0.25) is 4.79 Å². The summed E-state index contributed by atoms with van der Waals surface area (Å²) in [5.41, 5.74) is 5.65. The number of pyridine rings is 1. The summed E-state index contributed by atoms with van der Waals surface area (Å²) >= 11 is 0. The van der Waals surface area contributed by atoms with Crippen molar-refractivity contribution in [2.45, 2.75) is 25.7 Å². The molecule has 0 unspecified atom stereocenters. The van der Waals surface area contributed by atoms with Crippen LogP contribution in [0.1, 0.15) is 24.0 Å². The Labute approximate surface area is 134 Å². The molecule has 1 aliphatic rings. The standard InChI is InChI=1S/C20H19NO2/c1-23-16-8-9-17-19(11-16)21-18(12-20(17)22)15-7-6-13-4-2-3-5-14(13)10-15/h6-12H,2-5H2,1H3,(H,21,22). The van der Waals surface area contributed by atoms with E-state index in [0.29, 0.717) is 5.39 Å². The first-order valence-electron chi connectivity index (χ1n) is 8.08. The van der Waals surface area contributed by atoms with Crippen LogP contribution < -0.4 is 10.2 Å². The summed E-state index contributed by atoms with van der Waals surface area (Å²) in [4.78, 5) is 15.8. The molecule has 23 heavy (non-hydrogen) atoms. The average Bonchev–Trinajstić information content (AvgIpc) is 2.60. The topological polar surface area (TPSA) is 42.1 Å². The van der Waals surface area contributed by atoms with Crippen molar-refractivity contribution in [2.75, 3.05) is 7.11 Å². The van der Waals surface area contributed by atoms with Crippen molar-refractivity contribution in [3.63, 3.8) is 0 Å². The number of rotatable bonds is 2. The Hall–Kier alpha value is -2.55. The molecule has 3 aromatic rings. The minimum Gasteiger partial charge on any atom is -0.497 e. The molecule has 0 spiro atoms. The fraction of sp³-hybridized carbons (Fsp3) is 0.250. The molecule has 0 aliphatic heterocycles. The zero-order valence-electron chi connectivity index (χ0n) is 13.2. The lowest BCUT2D eigenvalue weighted by atomic mass is 9.90. The molecule has 3 heteroatoms. The number of hydrogen-bond acceptors (Lipinski definition) is 2. The van der Waals surface area contributed by atoms with Crippen LogP contribution in [0.5, 0.6) is 5.75 Å². The van der Waals surface area contributed by atoms with Crippen LogP contribution in [0.3, 0.4) is 0 Å². The fourth-order valence-electron chi connectivity index (χ4n) is 3.42. The highest BCUT2D eigenvalue weighted by molar-refractivity contribution is 5.82. The third-order valence-corrected chi connectivity index (χ3v) is 4.70. The van der Waals surface area contributed by atoms with Gasteiger partial charge < -0.3 is 9.72 Å². The maximum atomic E-state index is 12.4. The summed E-state index contributed by atoms with van der Waals surface area (Å²) < 4.78 is 5.26. The van der Waals surface area contributed by atoms with E-state index >= 15 is 0 Å². The van der Waals surface area contributed by atoms with Crippen molar-refractivity contribution in [2.24, 2.45) is 0 Å². The molecule has 1 aliphatic carbocycles. The number of hydrogen-bond donors (Lipinski definition) is 1. The van der Waals surface area contributed by atoms with Crippen LogP contribution in [-0.2, 0) is 12.8 Å². The van der Waals surface area contributed by atoms with E-state index in [4.69, 9.17) is 4.74 Å². The highest BCUT2D eigenvalue weighted by Crippen LogP contribution is 2.27. The van der Waals surface area contributed by atoms with Crippen molar-refractivity contribution in [1.82, 2.24) is 4.98 Å². The molecule has 116 valence electrons. The third-order valence-electron chi connectivity index (χ3n) is 4.70. The van der Waals surface area contributed by atoms with Crippen molar-refractivity contribution >= 4 is 10.9 Å². The first-order valence-corrected chi connectivity index (χ1v) is 8.08. The molecule has 0 atom stereocenters. The van der Waals surface area contributed by atoms with Gasteiger partial charge in [-0.1, -0.05) is 12.1 Å². The molecule has 3 nitrogen and oxygen atoms in total. The summed E-state index contributed by atoms with van der Waals surface area (Å²) in [6, 6.07) is 13.7. The number of H-pyrrole nitrogens is 1. The number of nitrogens with one attached hydrogen (secondary N) is 1. The molecule has 1 heterocycles. The van der Waals surface area contributed by atoms with Gasteiger partial charge in [-0.05, 0) is 60.6 Å². The van der Waals surface area contributed by atoms with Gasteiger partial charge in [0.1, 0.15) is 5.75 Å². The summed E-state index contributed by atoms with van der Waals surface area (Å²) in [5.74, 6) is 0.746. The number of aryl methyl sites for hydroxylation is 2. The summed E-state index contributed by atoms with van der Waals surface area (Å²) in [6.45, 7) is 0. The molecule has 0 saturated carbocycles. The third kappa shape index (κ3) is 2.52. The van der Waals surface area contributed by atoms with E-state index in [1.54, 1.807) is 13.2 Å². The SMILES string of the molecule is COc1ccc2c(=O)cc(-c3ccc4c(c3)CCCC4)[nH]c2c1. The zero-order valence-corrected chi connectivity index (χ0v) is 13.2. The van der Waals surface area contributed by atoms with Crippen LogP contribution in [0.4, 0.5) is 0 Å². The van der Waals surface area contributed by atoms with Gasteiger partial charge in [0.2, 0.25) is 0 Å². The van der Waals surface area contributed by atoms with Crippen LogP contribution >= 0.6 is 0 Å². The lowest BCUT2D eigenvalue weighted by Gasteiger charge is -2.16. The van der Waals surface area contributed by atoms with Crippen LogP contribution in [-0.4, -0.2) is 12.1 Å². The van der Waals surface area contributed by atoms with Crippen LogP contribution in [0.15, 0.2) is 47.3 Å². The average molecular weight is 305 g/mol. The zero-order chi connectivity index (χ0) is 15.8. The van der Waals surface area contributed by atoms with E-state index in [1.807, 2.05) is 18.2 Å². The molecule has 0 amide bonds. The lowest BCUT2D eigenvalue weighted by Crippen LogP contribution is -2.05. The van der Waals surface area contributed by atoms with Gasteiger partial charge in [-0.15, -0.1) is 0 Å². The molecular weight excluding hydrogens is 286 g/mol. The number of aromatic amines is 1. The largest absolute Gasteiger partial charge is 0.497 e. The number of benzene rings is 2. The minimum absolute atomic E-state index is 0.0362. The van der Waals surface area contributed by atoms with Gasteiger partial charge in [0.15, 0.2) is 5.43 Å². The van der Waals surface area contributed by atoms with Crippen molar-refractivity contribution in [1.29, 1.82) is 0 Å². The van der Waals surface area contributed by atoms with Gasteiger partial charge in [0, 0.05) is 23.2 Å².